The Hall–Kier alpha value is 0.0400. The van der Waals surface area contributed by atoms with Crippen molar-refractivity contribution >= 4 is 31.9 Å². The Bertz CT molecular complexity index is 387. The minimum Gasteiger partial charge on any atom is -0.207 e. The van der Waals surface area contributed by atoms with Crippen molar-refractivity contribution < 1.29 is 8.78 Å². The summed E-state index contributed by atoms with van der Waals surface area (Å²) in [5.74, 6) is -0.989. The molecule has 0 aliphatic carbocycles. The first-order valence-electron chi connectivity index (χ1n) is 5.04. The molecule has 0 amide bonds. The molecule has 4 heteroatoms. The van der Waals surface area contributed by atoms with Gasteiger partial charge in [0.05, 0.1) is 4.47 Å². The molecule has 16 heavy (non-hydrogen) atoms. The maximum absolute atomic E-state index is 13.9. The highest BCUT2D eigenvalue weighted by Crippen LogP contribution is 2.36. The van der Waals surface area contributed by atoms with E-state index in [4.69, 9.17) is 0 Å². The standard InChI is InChI=1S/C12H14Br2F2/c1-7(13)6-12(2,3)10-9(15)5-4-8(14)11(10)16/h4-5,7H,6H2,1-3H3. The van der Waals surface area contributed by atoms with Crippen LogP contribution in [-0.4, -0.2) is 4.83 Å². The molecule has 0 saturated heterocycles. The molecule has 0 aromatic heterocycles. The van der Waals surface area contributed by atoms with Crippen molar-refractivity contribution in [1.82, 2.24) is 0 Å². The lowest BCUT2D eigenvalue weighted by molar-refractivity contribution is 0.420. The first kappa shape index (κ1) is 14.1. The molecule has 0 aliphatic rings. The third-order valence-corrected chi connectivity index (χ3v) is 3.45. The Morgan fingerprint density at radius 2 is 1.88 bits per heavy atom. The zero-order chi connectivity index (χ0) is 12.5. The lowest BCUT2D eigenvalue weighted by Crippen LogP contribution is -2.24. The molecule has 0 radical (unpaired) electrons. The largest absolute Gasteiger partial charge is 0.207 e. The number of alkyl halides is 1. The fourth-order valence-electron chi connectivity index (χ4n) is 1.95. The zero-order valence-electron chi connectivity index (χ0n) is 9.45. The highest BCUT2D eigenvalue weighted by molar-refractivity contribution is 9.10. The quantitative estimate of drug-likeness (QED) is 0.517. The van der Waals surface area contributed by atoms with Gasteiger partial charge in [0.2, 0.25) is 0 Å². The van der Waals surface area contributed by atoms with Crippen LogP contribution in [0.25, 0.3) is 0 Å². The van der Waals surface area contributed by atoms with E-state index in [1.807, 2.05) is 20.8 Å². The Balaban J connectivity index is 3.26. The van der Waals surface area contributed by atoms with Crippen LogP contribution >= 0.6 is 31.9 Å². The molecular weight excluding hydrogens is 342 g/mol. The second kappa shape index (κ2) is 5.13. The van der Waals surface area contributed by atoms with E-state index in [-0.39, 0.29) is 10.4 Å². The molecule has 0 nitrogen and oxygen atoms in total. The van der Waals surface area contributed by atoms with E-state index in [0.717, 1.165) is 0 Å². The van der Waals surface area contributed by atoms with E-state index < -0.39 is 17.0 Å². The van der Waals surface area contributed by atoms with Crippen LogP contribution in [0.2, 0.25) is 0 Å². The van der Waals surface area contributed by atoms with Crippen molar-refractivity contribution in [2.75, 3.05) is 0 Å². The van der Waals surface area contributed by atoms with E-state index in [1.54, 1.807) is 0 Å². The van der Waals surface area contributed by atoms with Crippen LogP contribution in [0, 0.1) is 11.6 Å². The van der Waals surface area contributed by atoms with Gasteiger partial charge in [0.15, 0.2) is 0 Å². The summed E-state index contributed by atoms with van der Waals surface area (Å²) in [5.41, 5.74) is -0.394. The molecule has 90 valence electrons. The van der Waals surface area contributed by atoms with E-state index >= 15 is 0 Å². The molecular formula is C12H14Br2F2. The molecule has 1 aromatic carbocycles. The third kappa shape index (κ3) is 3.04. The Labute approximate surface area is 112 Å². The highest BCUT2D eigenvalue weighted by atomic mass is 79.9. The molecule has 0 bridgehead atoms. The van der Waals surface area contributed by atoms with Crippen LogP contribution in [0.5, 0.6) is 0 Å². The predicted molar refractivity (Wildman–Crippen MR) is 70.1 cm³/mol. The topological polar surface area (TPSA) is 0 Å². The second-order valence-electron chi connectivity index (χ2n) is 4.59. The van der Waals surface area contributed by atoms with Gasteiger partial charge in [-0.05, 0) is 39.9 Å². The van der Waals surface area contributed by atoms with Crippen molar-refractivity contribution in [3.8, 4) is 0 Å². The Morgan fingerprint density at radius 1 is 1.31 bits per heavy atom. The zero-order valence-corrected chi connectivity index (χ0v) is 12.6. The van der Waals surface area contributed by atoms with Crippen LogP contribution < -0.4 is 0 Å². The maximum Gasteiger partial charge on any atom is 0.144 e. The third-order valence-electron chi connectivity index (χ3n) is 2.51. The molecule has 0 N–H and O–H groups in total. The Morgan fingerprint density at radius 3 is 2.38 bits per heavy atom. The lowest BCUT2D eigenvalue weighted by atomic mass is 9.80. The van der Waals surface area contributed by atoms with Gasteiger partial charge in [0, 0.05) is 10.4 Å². The summed E-state index contributed by atoms with van der Waals surface area (Å²) in [6.45, 7) is 5.66. The van der Waals surface area contributed by atoms with Crippen LogP contribution in [-0.2, 0) is 5.41 Å². The first-order chi connectivity index (χ1) is 7.25. The van der Waals surface area contributed by atoms with Crippen molar-refractivity contribution in [2.24, 2.45) is 0 Å². The van der Waals surface area contributed by atoms with Crippen molar-refractivity contribution in [2.45, 2.75) is 37.4 Å². The summed E-state index contributed by atoms with van der Waals surface area (Å²) >= 11 is 6.50. The van der Waals surface area contributed by atoms with Gasteiger partial charge in [-0.25, -0.2) is 8.78 Å². The average Bonchev–Trinajstić information content (AvgIpc) is 2.09. The normalized spacial score (nSPS) is 13.9. The predicted octanol–water partition coefficient (Wildman–Crippen LogP) is 5.18. The van der Waals surface area contributed by atoms with E-state index in [1.165, 1.54) is 12.1 Å². The van der Waals surface area contributed by atoms with Crippen molar-refractivity contribution in [1.29, 1.82) is 0 Å². The van der Waals surface area contributed by atoms with Gasteiger partial charge >= 0.3 is 0 Å². The fourth-order valence-corrected chi connectivity index (χ4v) is 3.09. The highest BCUT2D eigenvalue weighted by Gasteiger charge is 2.30. The summed E-state index contributed by atoms with van der Waals surface area (Å²) in [6, 6.07) is 2.69. The molecule has 0 aliphatic heterocycles. The maximum atomic E-state index is 13.9. The molecule has 0 heterocycles. The molecule has 1 rings (SSSR count). The summed E-state index contributed by atoms with van der Waals surface area (Å²) in [4.78, 5) is 0.209. The minimum absolute atomic E-state index is 0.146. The minimum atomic E-state index is -0.541. The first-order valence-corrected chi connectivity index (χ1v) is 6.74. The summed E-state index contributed by atoms with van der Waals surface area (Å²) in [7, 11) is 0. The molecule has 0 fully saturated rings. The van der Waals surface area contributed by atoms with Crippen LogP contribution in [0.4, 0.5) is 8.78 Å². The van der Waals surface area contributed by atoms with E-state index in [2.05, 4.69) is 31.9 Å². The van der Waals surface area contributed by atoms with E-state index in [9.17, 15) is 8.78 Å². The average molecular weight is 356 g/mol. The van der Waals surface area contributed by atoms with Gasteiger partial charge in [0.25, 0.3) is 0 Å². The van der Waals surface area contributed by atoms with Crippen molar-refractivity contribution in [3.63, 3.8) is 0 Å². The number of rotatable bonds is 3. The summed E-state index contributed by atoms with van der Waals surface area (Å²) in [5, 5.41) is 0. The smallest absolute Gasteiger partial charge is 0.144 e. The molecule has 1 aromatic rings. The summed E-state index contributed by atoms with van der Waals surface area (Å²) in [6.07, 6.45) is 0.664. The number of benzene rings is 1. The van der Waals surface area contributed by atoms with Gasteiger partial charge in [-0.3, -0.25) is 0 Å². The Kier molecular flexibility index (Phi) is 4.52. The molecule has 1 unspecified atom stereocenters. The SMILES string of the molecule is CC(Br)CC(C)(C)c1c(F)ccc(Br)c1F. The van der Waals surface area contributed by atoms with Gasteiger partial charge < -0.3 is 0 Å². The van der Waals surface area contributed by atoms with Crippen LogP contribution in [0.3, 0.4) is 0 Å². The number of halogens is 4. The fraction of sp³-hybridized carbons (Fsp3) is 0.500. The monoisotopic (exact) mass is 354 g/mol. The van der Waals surface area contributed by atoms with E-state index in [0.29, 0.717) is 10.9 Å². The van der Waals surface area contributed by atoms with Crippen molar-refractivity contribution in [3.05, 3.63) is 33.8 Å². The van der Waals surface area contributed by atoms with Gasteiger partial charge in [-0.2, -0.15) is 0 Å². The number of hydrogen-bond acceptors (Lipinski definition) is 0. The van der Waals surface area contributed by atoms with Gasteiger partial charge in [-0.15, -0.1) is 0 Å². The summed E-state index contributed by atoms with van der Waals surface area (Å²) < 4.78 is 27.9. The molecule has 1 atom stereocenters. The molecule has 0 spiro atoms. The lowest BCUT2D eigenvalue weighted by Gasteiger charge is -2.27. The second-order valence-corrected chi connectivity index (χ2v) is 7.00. The molecule has 0 saturated carbocycles. The van der Waals surface area contributed by atoms with Crippen LogP contribution in [0.1, 0.15) is 32.8 Å². The van der Waals surface area contributed by atoms with Gasteiger partial charge in [0.1, 0.15) is 11.6 Å². The van der Waals surface area contributed by atoms with Gasteiger partial charge in [-0.1, -0.05) is 36.7 Å². The number of hydrogen-bond donors (Lipinski definition) is 0. The van der Waals surface area contributed by atoms with Crippen LogP contribution in [0.15, 0.2) is 16.6 Å².